The van der Waals surface area contributed by atoms with Gasteiger partial charge in [0, 0.05) is 38.1 Å². The van der Waals surface area contributed by atoms with Crippen LogP contribution < -0.4 is 0 Å². The molecule has 0 bridgehead atoms. The summed E-state index contributed by atoms with van der Waals surface area (Å²) in [5.41, 5.74) is 4.29. The van der Waals surface area contributed by atoms with Crippen LogP contribution in [-0.4, -0.2) is 19.5 Å². The van der Waals surface area contributed by atoms with Gasteiger partial charge in [0.05, 0.1) is 30.1 Å². The summed E-state index contributed by atoms with van der Waals surface area (Å²) in [7, 11) is 0. The monoisotopic (exact) mass is 664 g/mol. The number of para-hydroxylation sites is 2. The first-order valence-electron chi connectivity index (χ1n) is 21.1. The molecule has 0 aliphatic rings. The molecule has 0 saturated carbocycles. The Morgan fingerprint density at radius 3 is 2.02 bits per heavy atom. The van der Waals surface area contributed by atoms with Gasteiger partial charge in [0.2, 0.25) is 5.95 Å². The molecule has 0 amide bonds. The Kier molecular flexibility index (Phi) is 4.17. The van der Waals surface area contributed by atoms with Gasteiger partial charge >= 0.3 is 0 Å². The van der Waals surface area contributed by atoms with Gasteiger partial charge < -0.3 is 8.83 Å². The van der Waals surface area contributed by atoms with Crippen molar-refractivity contribution in [3.05, 3.63) is 157 Å². The van der Waals surface area contributed by atoms with Crippen molar-refractivity contribution in [2.45, 2.75) is 0 Å². The van der Waals surface area contributed by atoms with Crippen molar-refractivity contribution >= 4 is 65.7 Å². The Labute approximate surface area is 304 Å². The van der Waals surface area contributed by atoms with Crippen LogP contribution >= 0.6 is 0 Å². The molecule has 11 rings (SSSR count). The lowest BCUT2D eigenvalue weighted by Gasteiger charge is -2.11. The molecule has 0 aliphatic carbocycles. The summed E-state index contributed by atoms with van der Waals surface area (Å²) in [6.07, 6.45) is 0. The van der Waals surface area contributed by atoms with E-state index < -0.39 is 48.3 Å². The molecule has 238 valence electrons. The van der Waals surface area contributed by atoms with Gasteiger partial charge in [-0.15, -0.1) is 0 Å². The van der Waals surface area contributed by atoms with Crippen LogP contribution in [0.2, 0.25) is 0 Å². The van der Waals surface area contributed by atoms with Crippen LogP contribution in [0.15, 0.2) is 166 Å². The highest BCUT2D eigenvalue weighted by Gasteiger charge is 2.22. The molecule has 0 aliphatic heterocycles. The van der Waals surface area contributed by atoms with Gasteiger partial charge in [-0.2, -0.15) is 9.97 Å². The Hall–Kier alpha value is -7.05. The number of benzene rings is 7. The van der Waals surface area contributed by atoms with E-state index in [0.717, 1.165) is 32.6 Å². The zero-order chi connectivity index (χ0) is 42.2. The number of fused-ring (bicyclic) bond motifs is 10. The maximum atomic E-state index is 8.86. The number of rotatable bonds is 4. The van der Waals surface area contributed by atoms with Gasteiger partial charge in [0.15, 0.2) is 11.6 Å². The van der Waals surface area contributed by atoms with Crippen LogP contribution in [0.1, 0.15) is 13.7 Å². The molecule has 0 saturated heterocycles. The third-order valence-corrected chi connectivity index (χ3v) is 9.25. The van der Waals surface area contributed by atoms with Crippen LogP contribution in [-0.2, 0) is 0 Å². The summed E-state index contributed by atoms with van der Waals surface area (Å²) in [6, 6.07) is 25.1. The minimum Gasteiger partial charge on any atom is -0.456 e. The van der Waals surface area contributed by atoms with Gasteiger partial charge in [-0.1, -0.05) is 115 Å². The molecule has 4 heterocycles. The van der Waals surface area contributed by atoms with Crippen molar-refractivity contribution in [3.63, 3.8) is 0 Å². The second-order valence-electron chi connectivity index (χ2n) is 12.1. The maximum Gasteiger partial charge on any atom is 0.238 e. The lowest BCUT2D eigenvalue weighted by atomic mass is 9.99. The van der Waals surface area contributed by atoms with E-state index in [9.17, 15) is 0 Å². The average Bonchev–Trinajstić information content (AvgIpc) is 3.96. The van der Waals surface area contributed by atoms with Gasteiger partial charge in [-0.25, -0.2) is 4.98 Å². The number of hydrogen-bond donors (Lipinski definition) is 0. The summed E-state index contributed by atoms with van der Waals surface area (Å²) < 4.78 is 99.6. The molecule has 0 spiro atoms. The lowest BCUT2D eigenvalue weighted by molar-refractivity contribution is 0.669. The van der Waals surface area contributed by atoms with Crippen LogP contribution in [0.4, 0.5) is 0 Å². The predicted molar refractivity (Wildman–Crippen MR) is 205 cm³/mol. The molecule has 6 heteroatoms. The summed E-state index contributed by atoms with van der Waals surface area (Å²) in [5.74, 6) is 0.0679. The number of aromatic nitrogens is 4. The molecule has 4 aromatic heterocycles. The number of furan rings is 2. The van der Waals surface area contributed by atoms with E-state index in [1.54, 1.807) is 36.4 Å². The van der Waals surface area contributed by atoms with Crippen molar-refractivity contribution in [3.8, 4) is 39.9 Å². The van der Waals surface area contributed by atoms with Crippen molar-refractivity contribution in [2.24, 2.45) is 0 Å². The van der Waals surface area contributed by atoms with Gasteiger partial charge in [-0.05, 0) is 53.6 Å². The fraction of sp³-hybridized carbons (Fsp3) is 0. The maximum absolute atomic E-state index is 8.86. The van der Waals surface area contributed by atoms with E-state index in [1.807, 2.05) is 65.2 Å². The van der Waals surface area contributed by atoms with E-state index in [4.69, 9.17) is 37.5 Å². The van der Waals surface area contributed by atoms with Gasteiger partial charge in [0.1, 0.15) is 22.3 Å². The molecule has 6 nitrogen and oxygen atoms in total. The Morgan fingerprint density at radius 2 is 1.18 bits per heavy atom. The van der Waals surface area contributed by atoms with Crippen molar-refractivity contribution in [1.82, 2.24) is 19.5 Å². The second kappa shape index (κ2) is 10.7. The first-order valence-corrected chi connectivity index (χ1v) is 16.1. The van der Waals surface area contributed by atoms with E-state index in [1.165, 1.54) is 0 Å². The molecule has 0 fully saturated rings. The summed E-state index contributed by atoms with van der Waals surface area (Å²) >= 11 is 0. The van der Waals surface area contributed by atoms with Crippen LogP contribution in [0.5, 0.6) is 0 Å². The average molecular weight is 665 g/mol. The highest BCUT2D eigenvalue weighted by atomic mass is 16.3. The largest absolute Gasteiger partial charge is 0.456 e. The Bertz CT molecular complexity index is 3690. The second-order valence-corrected chi connectivity index (χ2v) is 12.1. The van der Waals surface area contributed by atoms with Crippen molar-refractivity contribution in [1.29, 1.82) is 0 Å². The topological polar surface area (TPSA) is 69.9 Å². The Balaban J connectivity index is 1.18. The van der Waals surface area contributed by atoms with E-state index in [-0.39, 0.29) is 40.8 Å². The predicted octanol–water partition coefficient (Wildman–Crippen LogP) is 11.8. The molecular formula is C45H26N4O2. The van der Waals surface area contributed by atoms with Crippen molar-refractivity contribution < 1.29 is 22.5 Å². The third-order valence-electron chi connectivity index (χ3n) is 9.25. The quantitative estimate of drug-likeness (QED) is 0.187. The minimum atomic E-state index is -0.552. The van der Waals surface area contributed by atoms with E-state index >= 15 is 0 Å². The SMILES string of the molecule is [2H]c1c([2H])c([2H])c(-c2nc(-c3ccc4c(c3)oc3cccc(-c5c([2H])c([2H])c([2H])c([2H])c5[2H])c34)nc(-n3c4ccccc4c4c5oc6ccccc6c5ccc43)n2)c([2H])c1[2H]. The number of hydrogen-bond acceptors (Lipinski definition) is 5. The minimum absolute atomic E-state index is 0.0415. The molecule has 11 aromatic rings. The van der Waals surface area contributed by atoms with E-state index in [0.29, 0.717) is 44.2 Å². The molecule has 0 radical (unpaired) electrons. The standard InChI is InChI=1S/C45H26N4O2/c1-3-12-27(13-4-1)30-18-11-21-38-40(30)34-23-22-29(26-39(34)50-38)44-46-43(28-14-5-2-6-15-28)47-45(48-44)49-35-19-9-7-17-33(35)41-36(49)25-24-32-31-16-8-10-20-37(31)51-42(32)41/h1-26H/i1D,2D,3D,4D,5D,6D,12D,13D,14D,15D. The fourth-order valence-electron chi connectivity index (χ4n) is 7.08. The first kappa shape index (κ1) is 19.8. The fourth-order valence-corrected chi connectivity index (χ4v) is 7.08. The molecule has 0 atom stereocenters. The summed E-state index contributed by atoms with van der Waals surface area (Å²) in [5, 5.41) is 4.69. The summed E-state index contributed by atoms with van der Waals surface area (Å²) in [6.45, 7) is 0. The van der Waals surface area contributed by atoms with Gasteiger partial charge in [-0.3, -0.25) is 4.57 Å². The molecular weight excluding hydrogens is 629 g/mol. The van der Waals surface area contributed by atoms with Gasteiger partial charge in [0.25, 0.3) is 0 Å². The normalized spacial score (nSPS) is 14.7. The van der Waals surface area contributed by atoms with Crippen LogP contribution in [0.3, 0.4) is 0 Å². The lowest BCUT2D eigenvalue weighted by Crippen LogP contribution is -2.06. The highest BCUT2D eigenvalue weighted by molar-refractivity contribution is 6.23. The molecule has 0 unspecified atom stereocenters. The smallest absolute Gasteiger partial charge is 0.238 e. The number of nitrogens with zero attached hydrogens (tertiary/aromatic N) is 4. The molecule has 7 aromatic carbocycles. The first-order chi connectivity index (χ1) is 29.4. The highest BCUT2D eigenvalue weighted by Crippen LogP contribution is 2.41. The third kappa shape index (κ3) is 4.20. The van der Waals surface area contributed by atoms with Crippen LogP contribution in [0.25, 0.3) is 106 Å². The zero-order valence-electron chi connectivity index (χ0n) is 36.3. The molecule has 51 heavy (non-hydrogen) atoms. The summed E-state index contributed by atoms with van der Waals surface area (Å²) in [4.78, 5) is 14.6. The Morgan fingerprint density at radius 1 is 0.471 bits per heavy atom. The van der Waals surface area contributed by atoms with Crippen molar-refractivity contribution in [2.75, 3.05) is 0 Å². The zero-order valence-corrected chi connectivity index (χ0v) is 26.3. The van der Waals surface area contributed by atoms with E-state index in [2.05, 4.69) is 0 Å². The molecule has 0 N–H and O–H groups in total. The van der Waals surface area contributed by atoms with Crippen LogP contribution in [0, 0.1) is 0 Å².